The minimum atomic E-state index is -1.74. The molecule has 2 aliphatic rings. The Morgan fingerprint density at radius 2 is 1.10 bits per heavy atom. The zero-order chi connectivity index (χ0) is 51.6. The van der Waals surface area contributed by atoms with E-state index in [1.165, 1.54) is 6.92 Å². The van der Waals surface area contributed by atoms with Crippen LogP contribution in [0.5, 0.6) is 0 Å². The van der Waals surface area contributed by atoms with Gasteiger partial charge in [0.2, 0.25) is 53.2 Å². The number of hydrogen-bond acceptors (Lipinski definition) is 18. The molecular formula is C41H73N13O13S2. The largest absolute Gasteiger partial charge is 0.480 e. The van der Waals surface area contributed by atoms with Crippen LogP contribution >= 0.6 is 21.6 Å². The monoisotopic (exact) mass is 1020 g/mol. The molecule has 26 nitrogen and oxygen atoms in total. The van der Waals surface area contributed by atoms with Crippen molar-refractivity contribution in [3.8, 4) is 0 Å². The predicted octanol–water partition coefficient (Wildman–Crippen LogP) is -5.80. The van der Waals surface area contributed by atoms with E-state index in [9.17, 15) is 63.3 Å². The number of nitrogens with zero attached hydrogens (tertiary/aromatic N) is 1. The highest BCUT2D eigenvalue weighted by atomic mass is 33.1. The molecule has 0 aromatic heterocycles. The second-order valence-electron chi connectivity index (χ2n) is 16.9. The number of fused-ring (bicyclic) bond motifs is 1. The van der Waals surface area contributed by atoms with Crippen molar-refractivity contribution in [2.24, 2.45) is 28.7 Å². The SMILES string of the molecule is C[C@@H](O)[C@@H]1NC(=O)[C@@H]2CCCN2C(=O)[C@H](CO)NC(=O)[C@H](CC(N)=O)NC(=O)[C@H](CCCCN)NC(=O)[C@H](CCCCN)NC(=O)[C@@H](N)CSSC[C@@H](C(=O)O)NC(=O)[C@H](CCCCCN)NC1=O. The number of carboxylic acid groups (broad SMARTS) is 1. The highest BCUT2D eigenvalue weighted by Gasteiger charge is 2.41. The molecule has 2 heterocycles. The lowest BCUT2D eigenvalue weighted by molar-refractivity contribution is -0.144. The van der Waals surface area contributed by atoms with E-state index in [0.717, 1.165) is 26.5 Å². The maximum absolute atomic E-state index is 13.9. The molecule has 0 radical (unpaired) electrons. The molecule has 69 heavy (non-hydrogen) atoms. The minimum Gasteiger partial charge on any atom is -0.480 e. The summed E-state index contributed by atoms with van der Waals surface area (Å²) in [4.78, 5) is 136. The lowest BCUT2D eigenvalue weighted by atomic mass is 10.0. The minimum absolute atomic E-state index is 0.0135. The number of hydrogen-bond donors (Lipinski definition) is 15. The van der Waals surface area contributed by atoms with Gasteiger partial charge in [-0.1, -0.05) is 34.4 Å². The highest BCUT2D eigenvalue weighted by Crippen LogP contribution is 2.23. The summed E-state index contributed by atoms with van der Waals surface area (Å²) in [7, 11) is 1.98. The number of rotatable bonds is 18. The van der Waals surface area contributed by atoms with Crippen LogP contribution in [0.4, 0.5) is 0 Å². The van der Waals surface area contributed by atoms with Crippen LogP contribution in [0.15, 0.2) is 0 Å². The van der Waals surface area contributed by atoms with Crippen molar-refractivity contribution in [2.45, 2.75) is 151 Å². The Balaban J connectivity index is 2.61. The van der Waals surface area contributed by atoms with Gasteiger partial charge in [0, 0.05) is 18.1 Å². The number of aliphatic hydroxyl groups excluding tert-OH is 2. The topological polar surface area (TPSA) is 449 Å². The van der Waals surface area contributed by atoms with E-state index < -0.39 is 133 Å². The number of nitrogens with one attached hydrogen (secondary N) is 7. The van der Waals surface area contributed by atoms with Crippen molar-refractivity contribution in [3.63, 3.8) is 0 Å². The molecule has 2 fully saturated rings. The number of primary amides is 1. The van der Waals surface area contributed by atoms with Crippen molar-refractivity contribution in [3.05, 3.63) is 0 Å². The number of amides is 9. The van der Waals surface area contributed by atoms with Crippen LogP contribution in [-0.4, -0.2) is 184 Å². The first-order chi connectivity index (χ1) is 32.8. The van der Waals surface area contributed by atoms with Gasteiger partial charge in [0.15, 0.2) is 0 Å². The Kier molecular flexibility index (Phi) is 28.1. The fraction of sp³-hybridized carbons (Fsp3) is 0.756. The van der Waals surface area contributed by atoms with Gasteiger partial charge in [-0.15, -0.1) is 0 Å². The van der Waals surface area contributed by atoms with Crippen LogP contribution in [0.25, 0.3) is 0 Å². The summed E-state index contributed by atoms with van der Waals surface area (Å²) >= 11 is 0. The third-order valence-electron chi connectivity index (χ3n) is 11.2. The van der Waals surface area contributed by atoms with E-state index in [-0.39, 0.29) is 63.2 Å². The normalized spacial score (nSPS) is 27.4. The smallest absolute Gasteiger partial charge is 0.327 e. The standard InChI is InChI=1S/C41H73N13O13S2/c1-22(56)32-39(64)49-26(10-3-2-6-14-42)36(61)52-29(41(66)67)21-69-68-20-23(45)33(58)47-24(11-4-7-15-43)34(59)48-25(12-5-8-16-44)35(60)50-27(18-31(46)57)37(62)51-28(19-55)40(65)54-17-9-13-30(54)38(63)53-32/h22-30,32,55-56H,2-21,42-45H2,1H3,(H2,46,57)(H,47,58)(H,48,59)(H,49,64)(H,50,60)(H,51,62)(H,52,61)(H,53,63)(H,66,67)/t22-,23+,24+,25+,26+,27+,28+,29+,30+,32+/m1/s1. The number of carboxylic acids is 1. The van der Waals surface area contributed by atoms with Crippen molar-refractivity contribution >= 4 is 80.7 Å². The number of nitrogens with two attached hydrogens (primary N) is 5. The number of carbonyl (C=O) groups is 10. The fourth-order valence-electron chi connectivity index (χ4n) is 7.33. The molecule has 0 spiro atoms. The van der Waals surface area contributed by atoms with E-state index in [1.54, 1.807) is 0 Å². The van der Waals surface area contributed by atoms with Crippen molar-refractivity contribution in [1.29, 1.82) is 0 Å². The van der Waals surface area contributed by atoms with Crippen LogP contribution < -0.4 is 65.9 Å². The van der Waals surface area contributed by atoms with E-state index >= 15 is 0 Å². The summed E-state index contributed by atoms with van der Waals surface area (Å²) in [5, 5.41) is 48.3. The van der Waals surface area contributed by atoms with Crippen molar-refractivity contribution in [2.75, 3.05) is 44.3 Å². The summed E-state index contributed by atoms with van der Waals surface area (Å²) in [6, 6.07) is -13.1. The first-order valence-electron chi connectivity index (χ1n) is 23.1. The first kappa shape index (κ1) is 60.3. The number of aliphatic carboxylic acids is 1. The molecular weight excluding hydrogens is 947 g/mol. The first-order valence-corrected chi connectivity index (χ1v) is 25.6. The van der Waals surface area contributed by atoms with Gasteiger partial charge >= 0.3 is 5.97 Å². The molecule has 9 amide bonds. The number of carbonyl (C=O) groups excluding carboxylic acids is 9. The van der Waals surface area contributed by atoms with Gasteiger partial charge in [-0.05, 0) is 90.8 Å². The van der Waals surface area contributed by atoms with Gasteiger partial charge < -0.3 is 86.1 Å². The summed E-state index contributed by atoms with van der Waals surface area (Å²) in [6.45, 7) is 0.985. The summed E-state index contributed by atoms with van der Waals surface area (Å²) in [5.41, 5.74) is 28.6. The lowest BCUT2D eigenvalue weighted by Gasteiger charge is -2.31. The molecule has 0 bridgehead atoms. The van der Waals surface area contributed by atoms with Gasteiger partial charge in [-0.3, -0.25) is 43.2 Å². The molecule has 0 unspecified atom stereocenters. The Labute approximate surface area is 408 Å². The fourth-order valence-corrected chi connectivity index (χ4v) is 9.61. The van der Waals surface area contributed by atoms with Gasteiger partial charge in [-0.2, -0.15) is 0 Å². The third kappa shape index (κ3) is 21.0. The predicted molar refractivity (Wildman–Crippen MR) is 255 cm³/mol. The maximum atomic E-state index is 13.9. The van der Waals surface area contributed by atoms with Gasteiger partial charge in [-0.25, -0.2) is 4.79 Å². The molecule has 0 aliphatic carbocycles. The average Bonchev–Trinajstić information content (AvgIpc) is 3.80. The molecule has 2 rings (SSSR count). The van der Waals surface area contributed by atoms with Gasteiger partial charge in [0.25, 0.3) is 0 Å². The molecule has 392 valence electrons. The van der Waals surface area contributed by atoms with Gasteiger partial charge in [0.1, 0.15) is 48.3 Å². The molecule has 28 heteroatoms. The molecule has 20 N–H and O–H groups in total. The maximum Gasteiger partial charge on any atom is 0.327 e. The van der Waals surface area contributed by atoms with Crippen LogP contribution in [0.2, 0.25) is 0 Å². The highest BCUT2D eigenvalue weighted by molar-refractivity contribution is 8.76. The Morgan fingerprint density at radius 1 is 0.638 bits per heavy atom. The van der Waals surface area contributed by atoms with Crippen LogP contribution in [0.1, 0.15) is 90.4 Å². The van der Waals surface area contributed by atoms with Crippen molar-refractivity contribution < 1.29 is 63.3 Å². The van der Waals surface area contributed by atoms with E-state index in [2.05, 4.69) is 37.2 Å². The van der Waals surface area contributed by atoms with Crippen LogP contribution in [-0.2, 0) is 47.9 Å². The van der Waals surface area contributed by atoms with Crippen LogP contribution in [0.3, 0.4) is 0 Å². The Bertz CT molecular complexity index is 1750. The zero-order valence-electron chi connectivity index (χ0n) is 39.0. The lowest BCUT2D eigenvalue weighted by Crippen LogP contribution is -2.62. The van der Waals surface area contributed by atoms with E-state index in [4.69, 9.17) is 28.7 Å². The average molecular weight is 1020 g/mol. The number of aliphatic hydroxyl groups is 2. The summed E-state index contributed by atoms with van der Waals surface area (Å²) in [5.74, 6) is -10.2. The summed E-state index contributed by atoms with van der Waals surface area (Å²) in [6.07, 6.45) is 1.10. The molecule has 10 atom stereocenters. The van der Waals surface area contributed by atoms with E-state index in [1.807, 2.05) is 0 Å². The second-order valence-corrected chi connectivity index (χ2v) is 19.4. The van der Waals surface area contributed by atoms with Gasteiger partial charge in [0.05, 0.1) is 25.2 Å². The number of unbranched alkanes of at least 4 members (excludes halogenated alkanes) is 4. The molecule has 0 aromatic rings. The molecule has 2 saturated heterocycles. The third-order valence-corrected chi connectivity index (χ3v) is 13.7. The molecule has 2 aliphatic heterocycles. The quantitative estimate of drug-likeness (QED) is 0.0449. The zero-order valence-corrected chi connectivity index (χ0v) is 40.6. The molecule has 0 saturated carbocycles. The molecule has 0 aromatic carbocycles. The van der Waals surface area contributed by atoms with E-state index in [0.29, 0.717) is 51.5 Å². The van der Waals surface area contributed by atoms with Crippen molar-refractivity contribution in [1.82, 2.24) is 42.1 Å². The van der Waals surface area contributed by atoms with Crippen LogP contribution in [0, 0.1) is 0 Å². The second kappa shape index (κ2) is 32.1. The Morgan fingerprint density at radius 3 is 1.62 bits per heavy atom. The summed E-state index contributed by atoms with van der Waals surface area (Å²) < 4.78 is 0. The Hall–Kier alpha value is -4.84.